The summed E-state index contributed by atoms with van der Waals surface area (Å²) in [6, 6.07) is 2.17. The number of aromatic nitrogens is 2. The van der Waals surface area contributed by atoms with Crippen molar-refractivity contribution in [1.82, 2.24) is 15.6 Å². The number of hydrogen-bond acceptors (Lipinski definition) is 6. The van der Waals surface area contributed by atoms with E-state index < -0.39 is 0 Å². The Bertz CT molecular complexity index is 627. The van der Waals surface area contributed by atoms with Crippen LogP contribution in [0.4, 0.5) is 10.7 Å². The summed E-state index contributed by atoms with van der Waals surface area (Å²) in [7, 11) is 2.01. The second-order valence-electron chi connectivity index (χ2n) is 5.30. The normalized spacial score (nSPS) is 23.7. The quantitative estimate of drug-likeness (QED) is 0.784. The van der Waals surface area contributed by atoms with E-state index in [1.54, 1.807) is 18.3 Å². The van der Waals surface area contributed by atoms with Crippen LogP contribution in [0.25, 0.3) is 6.08 Å². The third-order valence-corrected chi connectivity index (χ3v) is 4.59. The largest absolute Gasteiger partial charge is 0.392 e. The molecule has 0 spiro atoms. The lowest BCUT2D eigenvalue weighted by atomic mass is 10.1. The Labute approximate surface area is 132 Å². The maximum Gasteiger partial charge on any atom is 0.392 e. The second-order valence-corrected chi connectivity index (χ2v) is 6.32. The Morgan fingerprint density at radius 3 is 3.05 bits per heavy atom. The van der Waals surface area contributed by atoms with E-state index in [1.165, 1.54) is 0 Å². The monoisotopic (exact) mass is 320 g/mol. The minimum Gasteiger partial charge on any atom is -0.313 e. The zero-order valence-electron chi connectivity index (χ0n) is 12.3. The summed E-state index contributed by atoms with van der Waals surface area (Å²) in [4.78, 5) is 32.9. The molecule has 1 aromatic heterocycles. The molecule has 3 rings (SSSR count). The molecule has 3 N–H and O–H groups in total. The number of hydrogen-bond donors (Lipinski definition) is 2. The van der Waals surface area contributed by atoms with Gasteiger partial charge in [-0.15, -0.1) is 0 Å². The average molecular weight is 320 g/mol. The zero-order chi connectivity index (χ0) is 15.5. The van der Waals surface area contributed by atoms with Gasteiger partial charge in [0.25, 0.3) is 11.1 Å². The summed E-state index contributed by atoms with van der Waals surface area (Å²) in [6.07, 6.45) is 5.70. The van der Waals surface area contributed by atoms with Crippen LogP contribution in [0.1, 0.15) is 18.5 Å². The van der Waals surface area contributed by atoms with E-state index in [-0.39, 0.29) is 11.1 Å². The molecule has 7 nitrogen and oxygen atoms in total. The SMILES string of the molecule is CN(c1nc(/C=C2\SC(=O)NC2=O)cc[nH+]1)[C@H]1CCCNC1. The number of H-pyrrole nitrogens is 1. The molecule has 2 fully saturated rings. The Morgan fingerprint density at radius 1 is 1.50 bits per heavy atom. The van der Waals surface area contributed by atoms with Gasteiger partial charge in [-0.05, 0) is 31.1 Å². The Balaban J connectivity index is 1.79. The van der Waals surface area contributed by atoms with Gasteiger partial charge in [-0.25, -0.2) is 4.98 Å². The van der Waals surface area contributed by atoms with Crippen LogP contribution in [0.15, 0.2) is 17.2 Å². The van der Waals surface area contributed by atoms with Gasteiger partial charge in [-0.3, -0.25) is 19.8 Å². The van der Waals surface area contributed by atoms with Crippen molar-refractivity contribution in [3.05, 3.63) is 22.9 Å². The summed E-state index contributed by atoms with van der Waals surface area (Å²) < 4.78 is 0. The molecule has 0 aromatic carbocycles. The van der Waals surface area contributed by atoms with Crippen LogP contribution >= 0.6 is 11.8 Å². The summed E-state index contributed by atoms with van der Waals surface area (Å²) in [6.45, 7) is 2.00. The highest BCUT2D eigenvalue weighted by atomic mass is 32.2. The van der Waals surface area contributed by atoms with E-state index in [2.05, 4.69) is 25.5 Å². The number of imide groups is 1. The predicted octanol–water partition coefficient (Wildman–Crippen LogP) is 0.408. The van der Waals surface area contributed by atoms with Gasteiger partial charge in [-0.1, -0.05) is 4.98 Å². The highest BCUT2D eigenvalue weighted by molar-refractivity contribution is 8.18. The smallest absolute Gasteiger partial charge is 0.313 e. The number of piperidine rings is 1. The molecule has 0 radical (unpaired) electrons. The molecule has 2 aliphatic heterocycles. The topological polar surface area (TPSA) is 88.5 Å². The molecule has 0 aliphatic carbocycles. The summed E-state index contributed by atoms with van der Waals surface area (Å²) in [5.41, 5.74) is 0.650. The molecule has 116 valence electrons. The number of amides is 2. The number of nitrogens with zero attached hydrogens (tertiary/aromatic N) is 2. The molecule has 1 aromatic rings. The van der Waals surface area contributed by atoms with E-state index in [1.807, 2.05) is 7.05 Å². The summed E-state index contributed by atoms with van der Waals surface area (Å²) in [5, 5.41) is 5.28. The molecule has 0 unspecified atom stereocenters. The molecule has 2 saturated heterocycles. The van der Waals surface area contributed by atoms with Gasteiger partial charge in [0.2, 0.25) is 0 Å². The van der Waals surface area contributed by atoms with Gasteiger partial charge in [0, 0.05) is 18.7 Å². The molecule has 3 heterocycles. The third-order valence-electron chi connectivity index (χ3n) is 3.78. The third kappa shape index (κ3) is 3.28. The average Bonchev–Trinajstić information content (AvgIpc) is 2.85. The summed E-state index contributed by atoms with van der Waals surface area (Å²) >= 11 is 0.899. The molecular formula is C14H18N5O2S+. The highest BCUT2D eigenvalue weighted by Gasteiger charge is 2.27. The number of thioether (sulfide) groups is 1. The van der Waals surface area contributed by atoms with E-state index in [0.717, 1.165) is 43.6 Å². The van der Waals surface area contributed by atoms with Crippen molar-refractivity contribution in [3.63, 3.8) is 0 Å². The van der Waals surface area contributed by atoms with Crippen LogP contribution in [-0.4, -0.2) is 42.3 Å². The Kier molecular flexibility index (Phi) is 4.39. The lowest BCUT2D eigenvalue weighted by molar-refractivity contribution is -0.368. The first-order valence-corrected chi connectivity index (χ1v) is 8.02. The molecule has 1 atom stereocenters. The highest BCUT2D eigenvalue weighted by Crippen LogP contribution is 2.25. The van der Waals surface area contributed by atoms with Crippen molar-refractivity contribution in [2.24, 2.45) is 0 Å². The Morgan fingerprint density at radius 2 is 2.36 bits per heavy atom. The maximum absolute atomic E-state index is 11.6. The van der Waals surface area contributed by atoms with E-state index >= 15 is 0 Å². The first kappa shape index (κ1) is 15.0. The molecule has 8 heteroatoms. The second kappa shape index (κ2) is 6.45. The lowest BCUT2D eigenvalue weighted by Crippen LogP contribution is -2.46. The number of nitrogens with one attached hydrogen (secondary N) is 3. The number of likely N-dealkylation sites (N-methyl/N-ethyl adjacent to an activating group) is 1. The van der Waals surface area contributed by atoms with Crippen molar-refractivity contribution < 1.29 is 14.6 Å². The first-order valence-electron chi connectivity index (χ1n) is 7.20. The lowest BCUT2D eigenvalue weighted by Gasteiger charge is -2.27. The Hall–Kier alpha value is -1.93. The van der Waals surface area contributed by atoms with Crippen LogP contribution in [0.2, 0.25) is 0 Å². The standard InChI is InChI=1S/C14H17N5O2S/c1-19(10-3-2-5-15-8-10)13-16-6-4-9(17-13)7-11-12(20)18-14(21)22-11/h4,6-7,10,15H,2-3,5,8H2,1H3,(H,18,20,21)/p+1/b11-7-/t10-/m0/s1. The number of rotatable bonds is 3. The fourth-order valence-corrected chi connectivity index (χ4v) is 3.21. The van der Waals surface area contributed by atoms with Gasteiger partial charge in [0.1, 0.15) is 5.69 Å². The van der Waals surface area contributed by atoms with Gasteiger partial charge in [0.05, 0.1) is 24.2 Å². The molecule has 22 heavy (non-hydrogen) atoms. The van der Waals surface area contributed by atoms with E-state index in [0.29, 0.717) is 16.6 Å². The molecular weight excluding hydrogens is 302 g/mol. The number of anilines is 1. The molecule has 0 bridgehead atoms. The minimum absolute atomic E-state index is 0.343. The van der Waals surface area contributed by atoms with Gasteiger partial charge in [-0.2, -0.15) is 0 Å². The fraction of sp³-hybridized carbons (Fsp3) is 0.429. The van der Waals surface area contributed by atoms with Crippen LogP contribution in [0, 0.1) is 0 Å². The summed E-state index contributed by atoms with van der Waals surface area (Å²) in [5.74, 6) is 0.383. The van der Waals surface area contributed by atoms with Crippen LogP contribution in [0.5, 0.6) is 0 Å². The molecule has 2 amide bonds. The van der Waals surface area contributed by atoms with Crippen molar-refractivity contribution >= 4 is 34.9 Å². The predicted molar refractivity (Wildman–Crippen MR) is 84.2 cm³/mol. The van der Waals surface area contributed by atoms with Crippen molar-refractivity contribution in [2.45, 2.75) is 18.9 Å². The minimum atomic E-state index is -0.365. The first-order chi connectivity index (χ1) is 10.6. The van der Waals surface area contributed by atoms with Crippen LogP contribution < -0.4 is 20.5 Å². The number of carbonyl (C=O) groups excluding carboxylic acids is 2. The zero-order valence-corrected chi connectivity index (χ0v) is 13.1. The maximum atomic E-state index is 11.6. The van der Waals surface area contributed by atoms with Crippen LogP contribution in [-0.2, 0) is 4.79 Å². The van der Waals surface area contributed by atoms with Crippen LogP contribution in [0.3, 0.4) is 0 Å². The van der Waals surface area contributed by atoms with Gasteiger partial charge < -0.3 is 5.32 Å². The van der Waals surface area contributed by atoms with Gasteiger partial charge >= 0.3 is 5.95 Å². The number of aromatic amines is 1. The van der Waals surface area contributed by atoms with E-state index in [4.69, 9.17) is 0 Å². The van der Waals surface area contributed by atoms with Gasteiger partial charge in [0.15, 0.2) is 0 Å². The van der Waals surface area contributed by atoms with E-state index in [9.17, 15) is 9.59 Å². The molecule has 2 aliphatic rings. The van der Waals surface area contributed by atoms with Crippen molar-refractivity contribution in [2.75, 3.05) is 25.0 Å². The van der Waals surface area contributed by atoms with Crippen molar-refractivity contribution in [1.29, 1.82) is 0 Å². The number of carbonyl (C=O) groups is 2. The fourth-order valence-electron chi connectivity index (χ4n) is 2.55. The molecule has 0 saturated carbocycles. The van der Waals surface area contributed by atoms with Crippen molar-refractivity contribution in [3.8, 4) is 0 Å².